The van der Waals surface area contributed by atoms with Gasteiger partial charge in [0.2, 0.25) is 0 Å². The summed E-state index contributed by atoms with van der Waals surface area (Å²) in [6.45, 7) is 15.0. The molecule has 0 unspecified atom stereocenters. The van der Waals surface area contributed by atoms with Crippen molar-refractivity contribution in [3.63, 3.8) is 0 Å². The van der Waals surface area contributed by atoms with Gasteiger partial charge in [-0.1, -0.05) is 53.7 Å². The van der Waals surface area contributed by atoms with Crippen LogP contribution in [0.2, 0.25) is 0 Å². The maximum Gasteiger partial charge on any atom is 0.341 e. The Morgan fingerprint density at radius 2 is 1.73 bits per heavy atom. The second kappa shape index (κ2) is 9.88. The number of thiophene rings is 1. The van der Waals surface area contributed by atoms with Gasteiger partial charge in [-0.25, -0.2) is 4.79 Å². The fourth-order valence-electron chi connectivity index (χ4n) is 4.09. The Kier molecular flexibility index (Phi) is 7.57. The molecule has 33 heavy (non-hydrogen) atoms. The molecule has 0 saturated carbocycles. The number of hydrogen-bond acceptors (Lipinski definition) is 5. The molecule has 0 fully saturated rings. The van der Waals surface area contributed by atoms with Crippen LogP contribution in [0.15, 0.2) is 18.2 Å². The van der Waals surface area contributed by atoms with Crippen molar-refractivity contribution >= 4 is 28.2 Å². The molecule has 1 N–H and O–H groups in total. The molecule has 0 bridgehead atoms. The number of esters is 1. The maximum atomic E-state index is 12.8. The lowest BCUT2D eigenvalue weighted by Crippen LogP contribution is -2.23. The van der Waals surface area contributed by atoms with Gasteiger partial charge in [0, 0.05) is 4.88 Å². The first-order chi connectivity index (χ1) is 15.4. The number of anilines is 1. The van der Waals surface area contributed by atoms with E-state index in [4.69, 9.17) is 9.47 Å². The highest BCUT2D eigenvalue weighted by atomic mass is 32.1. The first kappa shape index (κ1) is 25.3. The number of amides is 1. The number of rotatable bonds is 6. The zero-order valence-corrected chi connectivity index (χ0v) is 21.8. The number of ether oxygens (including phenoxy) is 2. The van der Waals surface area contributed by atoms with E-state index in [1.807, 2.05) is 6.07 Å². The first-order valence-corrected chi connectivity index (χ1v) is 12.6. The molecular weight excluding hydrogens is 434 g/mol. The van der Waals surface area contributed by atoms with E-state index in [0.29, 0.717) is 22.9 Å². The van der Waals surface area contributed by atoms with Gasteiger partial charge in [0.15, 0.2) is 6.61 Å². The molecule has 1 heterocycles. The molecule has 0 atom stereocenters. The van der Waals surface area contributed by atoms with Crippen LogP contribution in [-0.4, -0.2) is 25.1 Å². The molecule has 1 aliphatic rings. The highest BCUT2D eigenvalue weighted by Crippen LogP contribution is 2.39. The first-order valence-electron chi connectivity index (χ1n) is 11.8. The van der Waals surface area contributed by atoms with Crippen LogP contribution in [0.4, 0.5) is 5.00 Å². The van der Waals surface area contributed by atoms with Gasteiger partial charge in [-0.15, -0.1) is 11.3 Å². The van der Waals surface area contributed by atoms with Gasteiger partial charge < -0.3 is 14.8 Å². The predicted molar refractivity (Wildman–Crippen MR) is 135 cm³/mol. The molecule has 5 nitrogen and oxygen atoms in total. The monoisotopic (exact) mass is 471 g/mol. The largest absolute Gasteiger partial charge is 0.483 e. The highest BCUT2D eigenvalue weighted by Gasteiger charge is 2.28. The second-order valence-corrected chi connectivity index (χ2v) is 11.8. The fraction of sp³-hybridized carbons (Fsp3) is 0.556. The minimum atomic E-state index is -0.360. The molecule has 1 aromatic carbocycles. The van der Waals surface area contributed by atoms with E-state index < -0.39 is 0 Å². The van der Waals surface area contributed by atoms with E-state index in [1.54, 1.807) is 6.92 Å². The zero-order chi connectivity index (χ0) is 24.4. The zero-order valence-electron chi connectivity index (χ0n) is 21.0. The smallest absolute Gasteiger partial charge is 0.341 e. The van der Waals surface area contributed by atoms with Crippen molar-refractivity contribution < 1.29 is 19.1 Å². The Balaban J connectivity index is 1.79. The van der Waals surface area contributed by atoms with Crippen LogP contribution in [0, 0.1) is 0 Å². The average Bonchev–Trinajstić information content (AvgIpc) is 3.08. The van der Waals surface area contributed by atoms with Gasteiger partial charge in [-0.2, -0.15) is 0 Å². The van der Waals surface area contributed by atoms with E-state index in [-0.39, 0.29) is 29.3 Å². The van der Waals surface area contributed by atoms with Gasteiger partial charge in [0.05, 0.1) is 12.2 Å². The van der Waals surface area contributed by atoms with E-state index >= 15 is 0 Å². The number of fused-ring (bicyclic) bond motifs is 1. The molecule has 2 aromatic rings. The molecule has 3 rings (SSSR count). The number of carbonyl (C=O) groups excluding carboxylic acids is 2. The summed E-state index contributed by atoms with van der Waals surface area (Å²) in [5.41, 5.74) is 3.76. The van der Waals surface area contributed by atoms with Gasteiger partial charge in [0.25, 0.3) is 5.91 Å². The van der Waals surface area contributed by atoms with Gasteiger partial charge in [0.1, 0.15) is 10.8 Å². The Morgan fingerprint density at radius 1 is 1.03 bits per heavy atom. The number of hydrogen-bond donors (Lipinski definition) is 1. The third-order valence-electron chi connectivity index (χ3n) is 5.92. The number of aryl methyl sites for hydroxylation is 1. The third-order valence-corrected chi connectivity index (χ3v) is 7.12. The minimum Gasteiger partial charge on any atom is -0.483 e. The van der Waals surface area contributed by atoms with Crippen molar-refractivity contribution in [1.82, 2.24) is 0 Å². The molecule has 6 heteroatoms. The van der Waals surface area contributed by atoms with E-state index in [1.165, 1.54) is 21.8 Å². The minimum absolute atomic E-state index is 0.0255. The third kappa shape index (κ3) is 5.97. The van der Waals surface area contributed by atoms with E-state index in [9.17, 15) is 9.59 Å². The standard InChI is InChI=1S/C27H37NO4S/c1-8-31-25(30)23-18-11-9-10-12-21(18)33-24(23)28-22(29)16-32-20-14-13-17(26(2,3)4)15-19(20)27(5,6)7/h13-15H,8-12,16H2,1-7H3,(H,28,29). The molecule has 0 spiro atoms. The summed E-state index contributed by atoms with van der Waals surface area (Å²) < 4.78 is 11.3. The fourth-order valence-corrected chi connectivity index (χ4v) is 5.38. The second-order valence-electron chi connectivity index (χ2n) is 10.7. The van der Waals surface area contributed by atoms with E-state index in [2.05, 4.69) is 59.0 Å². The van der Waals surface area contributed by atoms with Crippen molar-refractivity contribution in [2.75, 3.05) is 18.5 Å². The molecular formula is C27H37NO4S. The summed E-state index contributed by atoms with van der Waals surface area (Å²) in [5, 5.41) is 3.50. The number of carbonyl (C=O) groups is 2. The van der Waals surface area contributed by atoms with Crippen LogP contribution in [0.1, 0.15) is 93.2 Å². The number of benzene rings is 1. The lowest BCUT2D eigenvalue weighted by molar-refractivity contribution is -0.118. The Labute approximate surface area is 201 Å². The summed E-state index contributed by atoms with van der Waals surface area (Å²) in [5.74, 6) is 0.0709. The lowest BCUT2D eigenvalue weighted by atomic mass is 9.80. The van der Waals surface area contributed by atoms with Crippen molar-refractivity contribution in [3.8, 4) is 5.75 Å². The Bertz CT molecular complexity index is 1020. The average molecular weight is 472 g/mol. The molecule has 1 aromatic heterocycles. The van der Waals surface area contributed by atoms with Crippen molar-refractivity contribution in [1.29, 1.82) is 0 Å². The van der Waals surface area contributed by atoms with Crippen LogP contribution >= 0.6 is 11.3 Å². The van der Waals surface area contributed by atoms with Crippen LogP contribution < -0.4 is 10.1 Å². The van der Waals surface area contributed by atoms with Crippen LogP contribution in [0.3, 0.4) is 0 Å². The summed E-state index contributed by atoms with van der Waals surface area (Å²) >= 11 is 1.49. The highest BCUT2D eigenvalue weighted by molar-refractivity contribution is 7.17. The SMILES string of the molecule is CCOC(=O)c1c(NC(=O)COc2ccc(C(C)(C)C)cc2C(C)(C)C)sc2c1CCCC2. The quantitative estimate of drug-likeness (QED) is 0.494. The van der Waals surface area contributed by atoms with Crippen molar-refractivity contribution in [2.24, 2.45) is 0 Å². The van der Waals surface area contributed by atoms with Crippen molar-refractivity contribution in [3.05, 3.63) is 45.3 Å². The molecule has 0 saturated heterocycles. The summed E-state index contributed by atoms with van der Waals surface area (Å²) in [7, 11) is 0. The molecule has 0 aliphatic heterocycles. The van der Waals surface area contributed by atoms with Gasteiger partial charge in [-0.05, 0) is 66.2 Å². The Hall–Kier alpha value is -2.34. The molecule has 180 valence electrons. The summed E-state index contributed by atoms with van der Waals surface area (Å²) in [6, 6.07) is 6.20. The topological polar surface area (TPSA) is 64.6 Å². The summed E-state index contributed by atoms with van der Waals surface area (Å²) in [6.07, 6.45) is 3.94. The summed E-state index contributed by atoms with van der Waals surface area (Å²) in [4.78, 5) is 26.6. The van der Waals surface area contributed by atoms with Crippen LogP contribution in [0.5, 0.6) is 5.75 Å². The Morgan fingerprint density at radius 3 is 2.36 bits per heavy atom. The normalized spacial score (nSPS) is 13.9. The molecule has 0 radical (unpaired) electrons. The predicted octanol–water partition coefficient (Wildman–Crippen LogP) is 6.42. The van der Waals surface area contributed by atoms with Gasteiger partial charge in [-0.3, -0.25) is 4.79 Å². The number of nitrogens with one attached hydrogen (secondary N) is 1. The molecule has 1 aliphatic carbocycles. The van der Waals surface area contributed by atoms with Gasteiger partial charge >= 0.3 is 5.97 Å². The maximum absolute atomic E-state index is 12.8. The lowest BCUT2D eigenvalue weighted by Gasteiger charge is -2.27. The van der Waals surface area contributed by atoms with Crippen molar-refractivity contribution in [2.45, 2.75) is 85.0 Å². The molecule has 1 amide bonds. The van der Waals surface area contributed by atoms with Crippen LogP contribution in [-0.2, 0) is 33.2 Å². The van der Waals surface area contributed by atoms with Crippen LogP contribution in [0.25, 0.3) is 0 Å². The van der Waals surface area contributed by atoms with E-state index in [0.717, 1.165) is 36.8 Å².